The molecule has 0 aliphatic heterocycles. The summed E-state index contributed by atoms with van der Waals surface area (Å²) in [5, 5.41) is 2.72. The van der Waals surface area contributed by atoms with Gasteiger partial charge in [-0.15, -0.1) is 34.0 Å². The molecule has 0 saturated heterocycles. The number of ketones is 1. The normalized spacial score (nSPS) is 17.5. The van der Waals surface area contributed by atoms with Crippen molar-refractivity contribution in [2.75, 3.05) is 57.0 Å². The largest absolute Gasteiger partial charge is 0.377 e. The summed E-state index contributed by atoms with van der Waals surface area (Å²) in [6.45, 7) is 0. The van der Waals surface area contributed by atoms with E-state index in [1.54, 1.807) is 46.5 Å². The topological polar surface area (TPSA) is 170 Å². The second-order valence-electron chi connectivity index (χ2n) is 19.4. The number of hydrogen-bond acceptors (Lipinski definition) is 16. The molecule has 12 rings (SSSR count). The molecule has 16 nitrogen and oxygen atoms in total. The number of nitrogens with zero attached hydrogens (tertiary/aromatic N) is 12. The summed E-state index contributed by atoms with van der Waals surface area (Å²) in [4.78, 5) is 85.5. The van der Waals surface area contributed by atoms with Crippen molar-refractivity contribution < 1.29 is 18.0 Å². The summed E-state index contributed by atoms with van der Waals surface area (Å²) in [7, 11) is 11.7. The number of aromatic nitrogens is 9. The molecule has 0 amide bonds. The van der Waals surface area contributed by atoms with E-state index in [9.17, 15) is 32.3 Å². The van der Waals surface area contributed by atoms with E-state index in [0.717, 1.165) is 66.1 Å². The fraction of sp³-hybridized carbons (Fsp3) is 0.412. The van der Waals surface area contributed by atoms with Gasteiger partial charge in [-0.3, -0.25) is 32.9 Å². The lowest BCUT2D eigenvalue weighted by molar-refractivity contribution is -0.120. The molecule has 0 radical (unpaired) electrons. The fourth-order valence-electron chi connectivity index (χ4n) is 10.1. The predicted molar refractivity (Wildman–Crippen MR) is 288 cm³/mol. The minimum absolute atomic E-state index is 0.0212. The second kappa shape index (κ2) is 20.0. The number of pyridine rings is 3. The van der Waals surface area contributed by atoms with Crippen LogP contribution in [0.2, 0.25) is 0 Å². The van der Waals surface area contributed by atoms with E-state index in [1.807, 2.05) is 75.2 Å². The maximum Gasteiger partial charge on any atom is 0.271 e. The van der Waals surface area contributed by atoms with Gasteiger partial charge in [0.15, 0.2) is 0 Å². The number of carbonyl (C=O) groups excluding carboxylic acids is 1. The van der Waals surface area contributed by atoms with Crippen molar-refractivity contribution in [3.05, 3.63) is 98.7 Å². The lowest BCUT2D eigenvalue weighted by atomic mass is 9.92. The van der Waals surface area contributed by atoms with Crippen molar-refractivity contribution in [3.8, 4) is 0 Å². The molecule has 1 atom stereocenters. The highest BCUT2D eigenvalue weighted by atomic mass is 32.1. The monoisotopic (exact) mass is 1050 g/mol. The number of alkyl halides is 2. The van der Waals surface area contributed by atoms with Crippen LogP contribution in [0.15, 0.2) is 82.1 Å². The van der Waals surface area contributed by atoms with E-state index in [-0.39, 0.29) is 59.3 Å². The Morgan fingerprint density at radius 3 is 1.23 bits per heavy atom. The number of carbonyl (C=O) groups is 1. The maximum atomic E-state index is 13.4. The third kappa shape index (κ3) is 9.48. The standard InChI is InChI=1S/C17H18F2N4OS.C17H17FN4OS.C17H18N4O2S/c1-22(2)11-5-8-20-15-12(11)13-14(25-15)16(24)23(9-21-13)10-3-6-17(18,19)7-4-10;1-21(2)12-7-8-19-16-13(12)14-15(24-16)17(23)22(9-20-14)11-5-3-10(18)4-6-11;1-20(2)12-7-8-18-16-13(12)14-15(24-16)17(23)21(9-19-14)10-3-5-11(22)6-4-10/h5,8-10H,3-4,6-7H2,1-2H3;3,7-9,11H,4-6H2,1-2H3;7-10H,3-6H2,1-2H3. The van der Waals surface area contributed by atoms with Crippen molar-refractivity contribution in [1.29, 1.82) is 0 Å². The minimum Gasteiger partial charge on any atom is -0.377 e. The number of hydrogen-bond donors (Lipinski definition) is 0. The Hall–Kier alpha value is -6.65. The molecule has 0 aromatic carbocycles. The molecule has 2 saturated carbocycles. The van der Waals surface area contributed by atoms with Crippen LogP contribution in [-0.2, 0) is 4.79 Å². The average molecular weight is 1050 g/mol. The van der Waals surface area contributed by atoms with Gasteiger partial charge in [-0.2, -0.15) is 0 Å². The summed E-state index contributed by atoms with van der Waals surface area (Å²) >= 11 is 4.09. The van der Waals surface area contributed by atoms with E-state index < -0.39 is 5.92 Å². The third-order valence-corrected chi connectivity index (χ3v) is 17.2. The van der Waals surface area contributed by atoms with Crippen molar-refractivity contribution in [2.24, 2.45) is 0 Å². The Morgan fingerprint density at radius 1 is 0.521 bits per heavy atom. The second-order valence-corrected chi connectivity index (χ2v) is 22.4. The Kier molecular flexibility index (Phi) is 13.7. The molecule has 0 spiro atoms. The highest BCUT2D eigenvalue weighted by Gasteiger charge is 2.36. The first kappa shape index (κ1) is 49.9. The Bertz CT molecular complexity index is 3800. The first-order chi connectivity index (χ1) is 35.0. The molecule has 73 heavy (non-hydrogen) atoms. The van der Waals surface area contributed by atoms with Gasteiger partial charge in [0.1, 0.15) is 34.4 Å². The summed E-state index contributed by atoms with van der Waals surface area (Å²) in [5.74, 6) is -2.41. The van der Waals surface area contributed by atoms with Gasteiger partial charge in [0.05, 0.1) is 74.6 Å². The zero-order valence-corrected chi connectivity index (χ0v) is 43.6. The molecular formula is C51H53F3N12O4S3. The number of Topliss-reactive ketones (excluding diaryl/α,β-unsaturated/α-hetero) is 1. The number of fused-ring (bicyclic) bond motifs is 9. The van der Waals surface area contributed by atoms with Crippen LogP contribution in [0.4, 0.5) is 30.2 Å². The summed E-state index contributed by atoms with van der Waals surface area (Å²) < 4.78 is 46.7. The Labute approximate surface area is 428 Å². The number of thiophene rings is 3. The predicted octanol–water partition coefficient (Wildman–Crippen LogP) is 10.2. The minimum atomic E-state index is -2.61. The van der Waals surface area contributed by atoms with Crippen LogP contribution in [0.1, 0.15) is 88.8 Å². The lowest BCUT2D eigenvalue weighted by Crippen LogP contribution is -2.31. The van der Waals surface area contributed by atoms with Gasteiger partial charge in [0, 0.05) is 111 Å². The van der Waals surface area contributed by atoms with Crippen LogP contribution in [-0.4, -0.2) is 97.6 Å². The van der Waals surface area contributed by atoms with Crippen LogP contribution >= 0.6 is 34.0 Å². The zero-order valence-electron chi connectivity index (χ0n) is 41.1. The van der Waals surface area contributed by atoms with Crippen LogP contribution in [0.5, 0.6) is 0 Å². The van der Waals surface area contributed by atoms with Gasteiger partial charge in [0.25, 0.3) is 16.7 Å². The van der Waals surface area contributed by atoms with Crippen LogP contribution in [0, 0.1) is 0 Å². The fourth-order valence-corrected chi connectivity index (χ4v) is 13.3. The van der Waals surface area contributed by atoms with E-state index in [2.05, 4.69) is 29.9 Å². The van der Waals surface area contributed by atoms with Crippen molar-refractivity contribution in [3.63, 3.8) is 0 Å². The number of anilines is 3. The van der Waals surface area contributed by atoms with E-state index >= 15 is 0 Å². The quantitative estimate of drug-likeness (QED) is 0.154. The lowest BCUT2D eigenvalue weighted by Gasteiger charge is -2.29. The molecular weight excluding hydrogens is 998 g/mol. The van der Waals surface area contributed by atoms with Gasteiger partial charge in [-0.05, 0) is 56.7 Å². The number of halogens is 3. The first-order valence-corrected chi connectivity index (χ1v) is 26.6. The average Bonchev–Trinajstić information content (AvgIpc) is 4.09. The molecule has 9 aromatic rings. The molecule has 3 aliphatic carbocycles. The van der Waals surface area contributed by atoms with Crippen molar-refractivity contribution >= 4 is 118 Å². The summed E-state index contributed by atoms with van der Waals surface area (Å²) in [6.07, 6.45) is 15.9. The Morgan fingerprint density at radius 2 is 0.877 bits per heavy atom. The van der Waals surface area contributed by atoms with Gasteiger partial charge >= 0.3 is 0 Å². The number of rotatable bonds is 6. The van der Waals surface area contributed by atoms with E-state index in [0.29, 0.717) is 70.1 Å². The molecule has 0 bridgehead atoms. The van der Waals surface area contributed by atoms with Crippen LogP contribution < -0.4 is 31.4 Å². The third-order valence-electron chi connectivity index (χ3n) is 14.0. The number of allylic oxidation sites excluding steroid dienone is 2. The smallest absolute Gasteiger partial charge is 0.271 e. The Balaban J connectivity index is 0.000000126. The van der Waals surface area contributed by atoms with Gasteiger partial charge < -0.3 is 14.7 Å². The molecule has 3 aliphatic rings. The van der Waals surface area contributed by atoms with E-state index in [1.165, 1.54) is 44.9 Å². The van der Waals surface area contributed by atoms with Crippen LogP contribution in [0.25, 0.3) is 61.3 Å². The molecule has 2 fully saturated rings. The van der Waals surface area contributed by atoms with Gasteiger partial charge in [0.2, 0.25) is 5.92 Å². The van der Waals surface area contributed by atoms with Gasteiger partial charge in [-0.1, -0.05) is 6.08 Å². The van der Waals surface area contributed by atoms with Crippen molar-refractivity contribution in [2.45, 2.75) is 94.7 Å². The highest BCUT2D eigenvalue weighted by Crippen LogP contribution is 2.41. The first-order valence-electron chi connectivity index (χ1n) is 24.1. The maximum absolute atomic E-state index is 13.4. The molecule has 22 heteroatoms. The molecule has 1 unspecified atom stereocenters. The highest BCUT2D eigenvalue weighted by molar-refractivity contribution is 7.26. The summed E-state index contributed by atoms with van der Waals surface area (Å²) in [6, 6.07) is 5.59. The zero-order chi connectivity index (χ0) is 51.5. The van der Waals surface area contributed by atoms with Gasteiger partial charge in [-0.25, -0.2) is 43.1 Å². The SMILES string of the molecule is CN(C)c1ccnc2sc3c(=O)n(C4CC=C(F)CC4)cnc3c12.CN(C)c1ccnc2sc3c(=O)n(C4CCC(=O)CC4)cnc3c12.CN(C)c1ccnc2sc3c(=O)n(C4CCC(F)(F)CC4)cnc3c12. The van der Waals surface area contributed by atoms with E-state index in [4.69, 9.17) is 0 Å². The molecule has 0 N–H and O–H groups in total. The summed E-state index contributed by atoms with van der Waals surface area (Å²) in [5.41, 5.74) is 4.79. The van der Waals surface area contributed by atoms with Crippen molar-refractivity contribution in [1.82, 2.24) is 43.6 Å². The molecule has 9 heterocycles. The molecule has 380 valence electrons. The molecule has 9 aromatic heterocycles. The van der Waals surface area contributed by atoms with Crippen LogP contribution in [0.3, 0.4) is 0 Å².